The molecule has 1 amide bonds. The first-order valence-corrected chi connectivity index (χ1v) is 8.24. The van der Waals surface area contributed by atoms with E-state index < -0.39 is 0 Å². The Hall–Kier alpha value is -2.44. The maximum Gasteiger partial charge on any atom is 0.249 e. The Morgan fingerprint density at radius 3 is 2.79 bits per heavy atom. The van der Waals surface area contributed by atoms with Gasteiger partial charge in [0.2, 0.25) is 5.91 Å². The Morgan fingerprint density at radius 2 is 2.00 bits per heavy atom. The number of nitrogens with zero attached hydrogens (tertiary/aromatic N) is 2. The van der Waals surface area contributed by atoms with Crippen molar-refractivity contribution in [1.29, 1.82) is 0 Å². The van der Waals surface area contributed by atoms with E-state index in [-0.39, 0.29) is 5.91 Å². The first-order valence-electron chi connectivity index (χ1n) is 7.01. The van der Waals surface area contributed by atoms with E-state index in [0.717, 1.165) is 21.1 Å². The van der Waals surface area contributed by atoms with Crippen molar-refractivity contribution in [2.75, 3.05) is 10.6 Å². The molecule has 0 saturated heterocycles. The molecule has 1 heterocycles. The van der Waals surface area contributed by atoms with Crippen LogP contribution in [0.25, 0.3) is 10.9 Å². The number of nitrogens with one attached hydrogen (secondary N) is 2. The van der Waals surface area contributed by atoms with Gasteiger partial charge in [0.05, 0.1) is 5.52 Å². The summed E-state index contributed by atoms with van der Waals surface area (Å²) >= 11 is 8.85. The highest BCUT2D eigenvalue weighted by Crippen LogP contribution is 2.26. The fourth-order valence-electron chi connectivity index (χ4n) is 2.18. The fourth-order valence-corrected chi connectivity index (χ4v) is 2.69. The number of hydrogen-bond acceptors (Lipinski definition) is 4. The van der Waals surface area contributed by atoms with Gasteiger partial charge in [-0.25, -0.2) is 9.97 Å². The molecular weight excluding hydrogens is 392 g/mol. The summed E-state index contributed by atoms with van der Waals surface area (Å²) in [4.78, 5) is 20.2. The second kappa shape index (κ2) is 7.42. The van der Waals surface area contributed by atoms with Crippen LogP contribution < -0.4 is 10.6 Å². The number of halogens is 2. The van der Waals surface area contributed by atoms with Crippen LogP contribution in [0.5, 0.6) is 0 Å². The van der Waals surface area contributed by atoms with Gasteiger partial charge in [0.15, 0.2) is 0 Å². The van der Waals surface area contributed by atoms with E-state index in [1.165, 1.54) is 17.9 Å². The molecule has 2 aromatic carbocycles. The minimum Gasteiger partial charge on any atom is -0.340 e. The minimum atomic E-state index is -0.303. The van der Waals surface area contributed by atoms with Crippen molar-refractivity contribution in [2.45, 2.75) is 0 Å². The summed E-state index contributed by atoms with van der Waals surface area (Å²) in [7, 11) is 0. The zero-order valence-corrected chi connectivity index (χ0v) is 14.7. The van der Waals surface area contributed by atoms with Crippen LogP contribution in [0.2, 0.25) is 0 Å². The van der Waals surface area contributed by atoms with Crippen LogP contribution in [-0.4, -0.2) is 15.9 Å². The lowest BCUT2D eigenvalue weighted by Gasteiger charge is -2.10. The molecule has 7 heteroatoms. The molecular formula is C17H12BrClN4O. The van der Waals surface area contributed by atoms with Crippen molar-refractivity contribution in [3.8, 4) is 0 Å². The topological polar surface area (TPSA) is 66.9 Å². The van der Waals surface area contributed by atoms with Crippen molar-refractivity contribution >= 4 is 61.5 Å². The number of anilines is 3. The summed E-state index contributed by atoms with van der Waals surface area (Å²) in [5.74, 6) is 0.352. The Balaban J connectivity index is 1.96. The van der Waals surface area contributed by atoms with Crippen molar-refractivity contribution in [2.24, 2.45) is 0 Å². The molecule has 0 aliphatic carbocycles. The van der Waals surface area contributed by atoms with E-state index in [2.05, 4.69) is 36.5 Å². The van der Waals surface area contributed by atoms with Gasteiger partial charge >= 0.3 is 0 Å². The van der Waals surface area contributed by atoms with Crippen LogP contribution in [0.15, 0.2) is 64.9 Å². The highest BCUT2D eigenvalue weighted by Gasteiger charge is 2.07. The summed E-state index contributed by atoms with van der Waals surface area (Å²) in [6.45, 7) is 0. The van der Waals surface area contributed by atoms with Crippen molar-refractivity contribution in [3.63, 3.8) is 0 Å². The van der Waals surface area contributed by atoms with Gasteiger partial charge in [-0.1, -0.05) is 33.6 Å². The smallest absolute Gasteiger partial charge is 0.249 e. The van der Waals surface area contributed by atoms with Crippen molar-refractivity contribution in [3.05, 3.63) is 64.9 Å². The zero-order chi connectivity index (χ0) is 16.9. The molecule has 0 spiro atoms. The first kappa shape index (κ1) is 16.4. The van der Waals surface area contributed by atoms with Gasteiger partial charge < -0.3 is 10.6 Å². The van der Waals surface area contributed by atoms with E-state index in [1.807, 2.05) is 36.4 Å². The van der Waals surface area contributed by atoms with E-state index >= 15 is 0 Å². The van der Waals surface area contributed by atoms with Gasteiger partial charge in [0.1, 0.15) is 12.1 Å². The zero-order valence-electron chi connectivity index (χ0n) is 12.3. The molecule has 0 unspecified atom stereocenters. The number of amides is 1. The molecule has 0 aliphatic rings. The van der Waals surface area contributed by atoms with E-state index in [4.69, 9.17) is 11.6 Å². The lowest BCUT2D eigenvalue weighted by molar-refractivity contribution is -0.111. The molecule has 2 N–H and O–H groups in total. The number of fused-ring (bicyclic) bond motifs is 1. The lowest BCUT2D eigenvalue weighted by Crippen LogP contribution is -2.07. The van der Waals surface area contributed by atoms with Gasteiger partial charge in [-0.15, -0.1) is 0 Å². The predicted octanol–water partition coefficient (Wildman–Crippen LogP) is 4.83. The van der Waals surface area contributed by atoms with Gasteiger partial charge in [0, 0.05) is 32.8 Å². The van der Waals surface area contributed by atoms with Gasteiger partial charge in [-0.05, 0) is 36.4 Å². The molecule has 0 fully saturated rings. The summed E-state index contributed by atoms with van der Waals surface area (Å²) in [5.41, 5.74) is 3.46. The molecule has 1 aromatic heterocycles. The van der Waals surface area contributed by atoms with Gasteiger partial charge in [-0.3, -0.25) is 4.79 Å². The molecule has 5 nitrogen and oxygen atoms in total. The van der Waals surface area contributed by atoms with E-state index in [9.17, 15) is 4.79 Å². The van der Waals surface area contributed by atoms with Crippen LogP contribution in [0.3, 0.4) is 0 Å². The van der Waals surface area contributed by atoms with Crippen molar-refractivity contribution in [1.82, 2.24) is 9.97 Å². The van der Waals surface area contributed by atoms with Crippen molar-refractivity contribution < 1.29 is 4.79 Å². The molecule has 0 aliphatic heterocycles. The average Bonchev–Trinajstić information content (AvgIpc) is 2.56. The maximum atomic E-state index is 11.6. The van der Waals surface area contributed by atoms with Crippen LogP contribution in [0, 0.1) is 0 Å². The predicted molar refractivity (Wildman–Crippen MR) is 101 cm³/mol. The fraction of sp³-hybridized carbons (Fsp3) is 0. The maximum absolute atomic E-state index is 11.6. The molecule has 24 heavy (non-hydrogen) atoms. The highest BCUT2D eigenvalue weighted by atomic mass is 79.9. The number of aromatic nitrogens is 2. The number of rotatable bonds is 4. The van der Waals surface area contributed by atoms with E-state index in [0.29, 0.717) is 11.5 Å². The van der Waals surface area contributed by atoms with Crippen LogP contribution in [-0.2, 0) is 4.79 Å². The molecule has 120 valence electrons. The molecule has 0 atom stereocenters. The summed E-state index contributed by atoms with van der Waals surface area (Å²) in [6.07, 6.45) is 2.74. The van der Waals surface area contributed by atoms with Gasteiger partial charge in [-0.2, -0.15) is 0 Å². The Kier molecular flexibility index (Phi) is 5.08. The highest BCUT2D eigenvalue weighted by molar-refractivity contribution is 9.10. The molecule has 0 radical (unpaired) electrons. The summed E-state index contributed by atoms with van der Waals surface area (Å²) in [6, 6.07) is 13.2. The first-order chi connectivity index (χ1) is 11.7. The van der Waals surface area contributed by atoms with Gasteiger partial charge in [0.25, 0.3) is 0 Å². The number of benzene rings is 2. The number of carbonyl (C=O) groups excluding carboxylic acids is 1. The SMILES string of the molecule is O=C(/C=C/Cl)Nc1ccc2ncnc(Nc3cccc(Br)c3)c2c1. The standard InChI is InChI=1S/C17H12BrClN4O/c18-11-2-1-3-12(8-11)23-17-14-9-13(22-16(24)6-7-19)4-5-15(14)20-10-21-17/h1-10H,(H,22,24)(H,20,21,23)/b7-6+. The molecule has 3 aromatic rings. The minimum absolute atomic E-state index is 0.303. The quantitative estimate of drug-likeness (QED) is 0.613. The molecule has 3 rings (SSSR count). The molecule has 0 bridgehead atoms. The summed E-state index contributed by atoms with van der Waals surface area (Å²) in [5, 5.41) is 6.80. The number of hydrogen-bond donors (Lipinski definition) is 2. The van der Waals surface area contributed by atoms with Crippen LogP contribution >= 0.6 is 27.5 Å². The Morgan fingerprint density at radius 1 is 1.12 bits per heavy atom. The summed E-state index contributed by atoms with van der Waals surface area (Å²) < 4.78 is 0.965. The third-order valence-corrected chi connectivity index (χ3v) is 3.82. The average molecular weight is 404 g/mol. The third-order valence-electron chi connectivity index (χ3n) is 3.20. The van der Waals surface area contributed by atoms with E-state index in [1.54, 1.807) is 6.07 Å². The lowest BCUT2D eigenvalue weighted by atomic mass is 10.2. The monoisotopic (exact) mass is 402 g/mol. The number of carbonyl (C=O) groups is 1. The second-order valence-electron chi connectivity index (χ2n) is 4.87. The normalized spacial score (nSPS) is 10.9. The van der Waals surface area contributed by atoms with Crippen LogP contribution in [0.1, 0.15) is 0 Å². The van der Waals surface area contributed by atoms with Crippen LogP contribution in [0.4, 0.5) is 17.2 Å². The molecule has 0 saturated carbocycles. The Bertz CT molecular complexity index is 929. The Labute approximate surface area is 151 Å². The third kappa shape index (κ3) is 3.90. The largest absolute Gasteiger partial charge is 0.340 e. The second-order valence-corrected chi connectivity index (χ2v) is 6.04.